The molecule has 0 unspecified atom stereocenters. The molecule has 0 atom stereocenters. The van der Waals surface area contributed by atoms with E-state index in [-0.39, 0.29) is 9.47 Å². The number of rotatable bonds is 4. The minimum Gasteiger partial charge on any atom is -0.497 e. The summed E-state index contributed by atoms with van der Waals surface area (Å²) in [4.78, 5) is 0. The Labute approximate surface area is 114 Å². The number of sulfonamides is 1. The van der Waals surface area contributed by atoms with Crippen LogP contribution in [-0.2, 0) is 10.0 Å². The van der Waals surface area contributed by atoms with Crippen LogP contribution in [0.4, 0.5) is 10.8 Å². The molecule has 9 heteroatoms. The molecule has 2 aromatic rings. The monoisotopic (exact) mass is 300 g/mol. The fourth-order valence-electron chi connectivity index (χ4n) is 1.37. The third kappa shape index (κ3) is 2.61. The zero-order chi connectivity index (χ0) is 14.0. The number of benzene rings is 1. The highest BCUT2D eigenvalue weighted by molar-refractivity contribution is 7.94. The van der Waals surface area contributed by atoms with E-state index in [0.29, 0.717) is 11.4 Å². The molecule has 0 saturated heterocycles. The van der Waals surface area contributed by atoms with Crippen molar-refractivity contribution in [2.45, 2.75) is 4.34 Å². The number of anilines is 2. The molecule has 19 heavy (non-hydrogen) atoms. The predicted octanol–water partition coefficient (Wildman–Crippen LogP) is 0.954. The molecular weight excluding hydrogens is 288 g/mol. The highest BCUT2D eigenvalue weighted by Gasteiger charge is 2.25. The Morgan fingerprint density at radius 3 is 2.37 bits per heavy atom. The van der Waals surface area contributed by atoms with E-state index in [1.54, 1.807) is 31.4 Å². The lowest BCUT2D eigenvalue weighted by Crippen LogP contribution is -2.26. The van der Waals surface area contributed by atoms with Crippen LogP contribution in [0.1, 0.15) is 0 Å². The van der Waals surface area contributed by atoms with Gasteiger partial charge in [-0.25, -0.2) is 0 Å². The first-order valence-corrected chi connectivity index (χ1v) is 7.43. The lowest BCUT2D eigenvalue weighted by atomic mass is 10.3. The van der Waals surface area contributed by atoms with E-state index < -0.39 is 10.0 Å². The van der Waals surface area contributed by atoms with Crippen LogP contribution in [0, 0.1) is 0 Å². The summed E-state index contributed by atoms with van der Waals surface area (Å²) in [6.07, 6.45) is 0. The molecule has 2 rings (SSSR count). The second kappa shape index (κ2) is 5.02. The molecule has 0 aliphatic carbocycles. The number of methoxy groups -OCH3 is 1. The molecule has 1 heterocycles. The van der Waals surface area contributed by atoms with Crippen LogP contribution in [0.15, 0.2) is 28.6 Å². The summed E-state index contributed by atoms with van der Waals surface area (Å²) in [5.74, 6) is 0.648. The third-order valence-electron chi connectivity index (χ3n) is 2.44. The normalized spacial score (nSPS) is 11.3. The van der Waals surface area contributed by atoms with Crippen molar-refractivity contribution < 1.29 is 13.2 Å². The molecule has 0 spiro atoms. The zero-order valence-electron chi connectivity index (χ0n) is 10.3. The van der Waals surface area contributed by atoms with Gasteiger partial charge in [0.05, 0.1) is 12.8 Å². The van der Waals surface area contributed by atoms with Crippen LogP contribution in [-0.4, -0.2) is 32.8 Å². The fourth-order valence-corrected chi connectivity index (χ4v) is 3.51. The van der Waals surface area contributed by atoms with Crippen molar-refractivity contribution in [2.75, 3.05) is 24.2 Å². The molecule has 7 nitrogen and oxygen atoms in total. The second-order valence-corrected chi connectivity index (χ2v) is 6.73. The maximum Gasteiger partial charge on any atom is 0.293 e. The molecule has 0 amide bonds. The van der Waals surface area contributed by atoms with Crippen LogP contribution < -0.4 is 14.8 Å². The van der Waals surface area contributed by atoms with E-state index in [9.17, 15) is 8.42 Å². The summed E-state index contributed by atoms with van der Waals surface area (Å²) in [7, 11) is -0.753. The van der Waals surface area contributed by atoms with Crippen molar-refractivity contribution >= 4 is 32.2 Å². The maximum atomic E-state index is 12.2. The Morgan fingerprint density at radius 2 is 1.89 bits per heavy atom. The topological polar surface area (TPSA) is 98.4 Å². The molecule has 0 fully saturated rings. The van der Waals surface area contributed by atoms with Gasteiger partial charge in [-0.05, 0) is 24.3 Å². The van der Waals surface area contributed by atoms with Crippen molar-refractivity contribution in [2.24, 2.45) is 0 Å². The molecular formula is C10H12N4O3S2. The second-order valence-electron chi connectivity index (χ2n) is 3.58. The Bertz CT molecular complexity index is 666. The van der Waals surface area contributed by atoms with Crippen LogP contribution in [0.3, 0.4) is 0 Å². The average molecular weight is 300 g/mol. The van der Waals surface area contributed by atoms with Gasteiger partial charge in [0.15, 0.2) is 0 Å². The fraction of sp³-hybridized carbons (Fsp3) is 0.200. The lowest BCUT2D eigenvalue weighted by molar-refractivity contribution is 0.415. The van der Waals surface area contributed by atoms with E-state index in [2.05, 4.69) is 10.2 Å². The molecule has 102 valence electrons. The van der Waals surface area contributed by atoms with Gasteiger partial charge in [-0.15, -0.1) is 10.2 Å². The minimum absolute atomic E-state index is 0.113. The summed E-state index contributed by atoms with van der Waals surface area (Å²) >= 11 is 0.827. The highest BCUT2D eigenvalue weighted by atomic mass is 32.2. The molecule has 0 aliphatic heterocycles. The quantitative estimate of drug-likeness (QED) is 0.902. The average Bonchev–Trinajstić information content (AvgIpc) is 2.85. The Kier molecular flexibility index (Phi) is 3.58. The molecule has 1 aromatic heterocycles. The smallest absolute Gasteiger partial charge is 0.293 e. The van der Waals surface area contributed by atoms with Crippen molar-refractivity contribution in [3.05, 3.63) is 24.3 Å². The lowest BCUT2D eigenvalue weighted by Gasteiger charge is -2.17. The van der Waals surface area contributed by atoms with Gasteiger partial charge in [-0.2, -0.15) is 8.42 Å². The maximum absolute atomic E-state index is 12.2. The molecule has 0 saturated carbocycles. The molecule has 2 N–H and O–H groups in total. The van der Waals surface area contributed by atoms with Crippen LogP contribution in [0.25, 0.3) is 0 Å². The van der Waals surface area contributed by atoms with E-state index in [4.69, 9.17) is 10.5 Å². The molecule has 1 aromatic carbocycles. The minimum atomic E-state index is -3.73. The standard InChI is InChI=1S/C10H12N4O3S2/c1-14(7-3-5-8(17-2)6-4-7)19(15,16)10-13-12-9(11)18-10/h3-6H,1-2H3,(H2,11,12). The van der Waals surface area contributed by atoms with Gasteiger partial charge >= 0.3 is 0 Å². The molecule has 0 aliphatic rings. The first-order valence-electron chi connectivity index (χ1n) is 5.17. The summed E-state index contributed by atoms with van der Waals surface area (Å²) in [6, 6.07) is 6.63. The number of hydrogen-bond donors (Lipinski definition) is 1. The van der Waals surface area contributed by atoms with Gasteiger partial charge in [0, 0.05) is 7.05 Å². The van der Waals surface area contributed by atoms with Crippen molar-refractivity contribution in [3.8, 4) is 5.75 Å². The highest BCUT2D eigenvalue weighted by Crippen LogP contribution is 2.26. The SMILES string of the molecule is COc1ccc(N(C)S(=O)(=O)c2nnc(N)s2)cc1. The van der Waals surface area contributed by atoms with Gasteiger partial charge < -0.3 is 10.5 Å². The number of ether oxygens (including phenoxy) is 1. The molecule has 0 bridgehead atoms. The predicted molar refractivity (Wildman–Crippen MR) is 72.9 cm³/mol. The van der Waals surface area contributed by atoms with Crippen molar-refractivity contribution in [1.82, 2.24) is 10.2 Å². The van der Waals surface area contributed by atoms with Gasteiger partial charge in [-0.1, -0.05) is 11.3 Å². The number of nitrogens with zero attached hydrogens (tertiary/aromatic N) is 3. The Hall–Kier alpha value is -1.87. The Morgan fingerprint density at radius 1 is 1.26 bits per heavy atom. The zero-order valence-corrected chi connectivity index (χ0v) is 11.9. The third-order valence-corrected chi connectivity index (χ3v) is 5.32. The number of hydrogen-bond acceptors (Lipinski definition) is 7. The first-order chi connectivity index (χ1) is 8.95. The van der Waals surface area contributed by atoms with E-state index in [1.165, 1.54) is 7.05 Å². The van der Waals surface area contributed by atoms with Gasteiger partial charge in [0.25, 0.3) is 14.4 Å². The first kappa shape index (κ1) is 13.6. The van der Waals surface area contributed by atoms with Gasteiger partial charge in [-0.3, -0.25) is 4.31 Å². The Balaban J connectivity index is 2.34. The number of nitrogen functional groups attached to an aromatic ring is 1. The van der Waals surface area contributed by atoms with Gasteiger partial charge in [0.2, 0.25) is 5.13 Å². The van der Waals surface area contributed by atoms with Gasteiger partial charge in [0.1, 0.15) is 5.75 Å². The van der Waals surface area contributed by atoms with Crippen LogP contribution in [0.2, 0.25) is 0 Å². The summed E-state index contributed by atoms with van der Waals surface area (Å²) in [5, 5.41) is 7.18. The largest absolute Gasteiger partial charge is 0.497 e. The number of aromatic nitrogens is 2. The van der Waals surface area contributed by atoms with E-state index in [0.717, 1.165) is 15.6 Å². The van der Waals surface area contributed by atoms with E-state index >= 15 is 0 Å². The molecule has 0 radical (unpaired) electrons. The summed E-state index contributed by atoms with van der Waals surface area (Å²) < 4.78 is 30.5. The van der Waals surface area contributed by atoms with Crippen molar-refractivity contribution in [3.63, 3.8) is 0 Å². The van der Waals surface area contributed by atoms with Crippen LogP contribution >= 0.6 is 11.3 Å². The summed E-state index contributed by atoms with van der Waals surface area (Å²) in [6.45, 7) is 0. The number of nitrogens with two attached hydrogens (primary N) is 1. The van der Waals surface area contributed by atoms with E-state index in [1.807, 2.05) is 0 Å². The summed E-state index contributed by atoms with van der Waals surface area (Å²) in [5.41, 5.74) is 5.89. The van der Waals surface area contributed by atoms with Crippen molar-refractivity contribution in [1.29, 1.82) is 0 Å². The van der Waals surface area contributed by atoms with Crippen LogP contribution in [0.5, 0.6) is 5.75 Å².